The third-order valence-electron chi connectivity index (χ3n) is 2.48. The van der Waals surface area contributed by atoms with Crippen LogP contribution in [0.1, 0.15) is 16.1 Å². The van der Waals surface area contributed by atoms with Gasteiger partial charge in [0.15, 0.2) is 0 Å². The van der Waals surface area contributed by atoms with Crippen molar-refractivity contribution in [2.75, 3.05) is 10.7 Å². The minimum Gasteiger partial charge on any atom is -0.323 e. The molecule has 18 heavy (non-hydrogen) atoms. The van der Waals surface area contributed by atoms with E-state index >= 15 is 0 Å². The van der Waals surface area contributed by atoms with Crippen molar-refractivity contribution in [1.82, 2.24) is 4.98 Å². The minimum atomic E-state index is -0.214. The molecule has 1 aromatic heterocycles. The highest BCUT2D eigenvalue weighted by atomic mass is 16.1. The summed E-state index contributed by atoms with van der Waals surface area (Å²) < 4.78 is 0. The lowest BCUT2D eigenvalue weighted by Crippen LogP contribution is -2.17. The molecule has 1 heterocycles. The number of carbonyl (C=O) groups is 1. The highest BCUT2D eigenvalue weighted by Crippen LogP contribution is 2.16. The van der Waals surface area contributed by atoms with E-state index in [1.165, 1.54) is 0 Å². The Hall–Kier alpha value is -2.40. The quantitative estimate of drug-likeness (QED) is 0.567. The van der Waals surface area contributed by atoms with Gasteiger partial charge in [-0.1, -0.05) is 12.1 Å². The summed E-state index contributed by atoms with van der Waals surface area (Å²) in [6, 6.07) is 10.6. The van der Waals surface area contributed by atoms with Gasteiger partial charge in [-0.2, -0.15) is 0 Å². The smallest absolute Gasteiger partial charge is 0.257 e. The van der Waals surface area contributed by atoms with Crippen LogP contribution < -0.4 is 16.6 Å². The number of benzene rings is 1. The normalized spacial score (nSPS) is 9.89. The topological polar surface area (TPSA) is 80.0 Å². The maximum Gasteiger partial charge on any atom is 0.257 e. The van der Waals surface area contributed by atoms with Gasteiger partial charge >= 0.3 is 0 Å². The third kappa shape index (κ3) is 2.64. The molecule has 0 radical (unpaired) electrons. The van der Waals surface area contributed by atoms with Gasteiger partial charge in [0, 0.05) is 17.6 Å². The van der Waals surface area contributed by atoms with Crippen molar-refractivity contribution in [2.45, 2.75) is 6.92 Å². The first-order valence-electron chi connectivity index (χ1n) is 5.50. The Kier molecular flexibility index (Phi) is 3.54. The van der Waals surface area contributed by atoms with E-state index in [4.69, 9.17) is 5.84 Å². The fraction of sp³-hybridized carbons (Fsp3) is 0.0769. The van der Waals surface area contributed by atoms with Crippen molar-refractivity contribution in [1.29, 1.82) is 0 Å². The largest absolute Gasteiger partial charge is 0.323 e. The average Bonchev–Trinajstić information content (AvgIpc) is 2.38. The number of pyridine rings is 1. The number of hydrazine groups is 1. The lowest BCUT2D eigenvalue weighted by molar-refractivity contribution is 0.102. The number of nitrogens with one attached hydrogen (secondary N) is 2. The molecule has 5 nitrogen and oxygen atoms in total. The number of anilines is 2. The zero-order valence-electron chi connectivity index (χ0n) is 9.97. The molecule has 0 aliphatic rings. The molecule has 0 spiro atoms. The first kappa shape index (κ1) is 12.1. The number of hydrogen-bond donors (Lipinski definition) is 3. The molecule has 0 saturated heterocycles. The van der Waals surface area contributed by atoms with Crippen LogP contribution in [0, 0.1) is 6.92 Å². The van der Waals surface area contributed by atoms with Crippen LogP contribution in [0.25, 0.3) is 0 Å². The number of rotatable bonds is 3. The number of carbonyl (C=O) groups excluding carboxylic acids is 1. The molecule has 0 saturated carbocycles. The fourth-order valence-electron chi connectivity index (χ4n) is 1.63. The summed E-state index contributed by atoms with van der Waals surface area (Å²) in [5, 5.41) is 2.80. The molecule has 0 aliphatic heterocycles. The Morgan fingerprint density at radius 3 is 2.78 bits per heavy atom. The summed E-state index contributed by atoms with van der Waals surface area (Å²) in [5.74, 6) is 5.15. The van der Waals surface area contributed by atoms with Gasteiger partial charge in [-0.15, -0.1) is 0 Å². The van der Waals surface area contributed by atoms with Gasteiger partial charge in [-0.05, 0) is 31.2 Å². The molecule has 5 heteroatoms. The molecular formula is C13H14N4O. The van der Waals surface area contributed by atoms with E-state index in [0.29, 0.717) is 16.9 Å². The molecule has 0 atom stereocenters. The minimum absolute atomic E-state index is 0.214. The van der Waals surface area contributed by atoms with Crippen LogP contribution in [0.3, 0.4) is 0 Å². The van der Waals surface area contributed by atoms with Gasteiger partial charge in [-0.3, -0.25) is 15.6 Å². The van der Waals surface area contributed by atoms with Crippen molar-refractivity contribution >= 4 is 17.3 Å². The van der Waals surface area contributed by atoms with Gasteiger partial charge in [0.1, 0.15) is 0 Å². The first-order chi connectivity index (χ1) is 8.70. The van der Waals surface area contributed by atoms with Crippen molar-refractivity contribution in [3.05, 3.63) is 53.9 Å². The van der Waals surface area contributed by atoms with Crippen LogP contribution in [-0.2, 0) is 0 Å². The summed E-state index contributed by atoms with van der Waals surface area (Å²) in [6.45, 7) is 1.87. The number of amides is 1. The monoisotopic (exact) mass is 242 g/mol. The average molecular weight is 242 g/mol. The highest BCUT2D eigenvalue weighted by molar-refractivity contribution is 6.07. The highest BCUT2D eigenvalue weighted by Gasteiger charge is 2.10. The lowest BCUT2D eigenvalue weighted by atomic mass is 10.1. The molecule has 1 aromatic carbocycles. The number of aromatic nitrogens is 1. The van der Waals surface area contributed by atoms with E-state index in [1.807, 2.05) is 13.0 Å². The number of nitrogens with two attached hydrogens (primary N) is 1. The van der Waals surface area contributed by atoms with Crippen LogP contribution in [0.2, 0.25) is 0 Å². The molecule has 1 amide bonds. The van der Waals surface area contributed by atoms with E-state index in [2.05, 4.69) is 15.7 Å². The summed E-state index contributed by atoms with van der Waals surface area (Å²) in [4.78, 5) is 16.1. The lowest BCUT2D eigenvalue weighted by Gasteiger charge is -2.09. The number of hydrogen-bond acceptors (Lipinski definition) is 4. The van der Waals surface area contributed by atoms with Crippen LogP contribution in [-0.4, -0.2) is 10.9 Å². The van der Waals surface area contributed by atoms with E-state index < -0.39 is 0 Å². The van der Waals surface area contributed by atoms with Crippen LogP contribution in [0.4, 0.5) is 11.4 Å². The first-order valence-corrected chi connectivity index (χ1v) is 5.50. The second-order valence-electron chi connectivity index (χ2n) is 3.83. The molecule has 2 aromatic rings. The van der Waals surface area contributed by atoms with Crippen molar-refractivity contribution in [3.8, 4) is 0 Å². The molecule has 0 bridgehead atoms. The predicted octanol–water partition coefficient (Wildman–Crippen LogP) is 1.93. The number of aryl methyl sites for hydroxylation is 1. The summed E-state index contributed by atoms with van der Waals surface area (Å²) >= 11 is 0. The van der Waals surface area contributed by atoms with Gasteiger partial charge < -0.3 is 10.7 Å². The van der Waals surface area contributed by atoms with E-state index in [1.54, 1.807) is 36.5 Å². The van der Waals surface area contributed by atoms with E-state index in [9.17, 15) is 4.79 Å². The number of nitrogens with zero attached hydrogens (tertiary/aromatic N) is 1. The van der Waals surface area contributed by atoms with Crippen molar-refractivity contribution in [3.63, 3.8) is 0 Å². The van der Waals surface area contributed by atoms with Gasteiger partial charge in [0.2, 0.25) is 0 Å². The van der Waals surface area contributed by atoms with Crippen LogP contribution >= 0.6 is 0 Å². The van der Waals surface area contributed by atoms with Gasteiger partial charge in [-0.25, -0.2) is 0 Å². The van der Waals surface area contributed by atoms with E-state index in [0.717, 1.165) is 5.69 Å². The van der Waals surface area contributed by atoms with E-state index in [-0.39, 0.29) is 5.91 Å². The van der Waals surface area contributed by atoms with Gasteiger partial charge in [0.25, 0.3) is 5.91 Å². The molecule has 0 unspecified atom stereocenters. The Bertz CT molecular complexity index is 568. The fourth-order valence-corrected chi connectivity index (χ4v) is 1.63. The Morgan fingerprint density at radius 2 is 2.06 bits per heavy atom. The molecule has 4 N–H and O–H groups in total. The predicted molar refractivity (Wildman–Crippen MR) is 71.2 cm³/mol. The van der Waals surface area contributed by atoms with Crippen LogP contribution in [0.5, 0.6) is 0 Å². The summed E-state index contributed by atoms with van der Waals surface area (Å²) in [7, 11) is 0. The number of para-hydroxylation sites is 1. The SMILES string of the molecule is Cc1cc(NC(=O)c2ccccc2NN)ccn1. The zero-order valence-corrected chi connectivity index (χ0v) is 9.97. The molecule has 2 rings (SSSR count). The second-order valence-corrected chi connectivity index (χ2v) is 3.83. The summed E-state index contributed by atoms with van der Waals surface area (Å²) in [6.07, 6.45) is 1.65. The molecule has 0 fully saturated rings. The Labute approximate surface area is 105 Å². The zero-order chi connectivity index (χ0) is 13.0. The van der Waals surface area contributed by atoms with Gasteiger partial charge in [0.05, 0.1) is 11.3 Å². The Balaban J connectivity index is 2.22. The third-order valence-corrected chi connectivity index (χ3v) is 2.48. The molecule has 92 valence electrons. The van der Waals surface area contributed by atoms with Crippen molar-refractivity contribution < 1.29 is 4.79 Å². The Morgan fingerprint density at radius 1 is 1.28 bits per heavy atom. The summed E-state index contributed by atoms with van der Waals surface area (Å²) in [5.41, 5.74) is 5.13. The maximum atomic E-state index is 12.1. The molecular weight excluding hydrogens is 228 g/mol. The maximum absolute atomic E-state index is 12.1. The van der Waals surface area contributed by atoms with Crippen LogP contribution in [0.15, 0.2) is 42.6 Å². The van der Waals surface area contributed by atoms with Crippen molar-refractivity contribution in [2.24, 2.45) is 5.84 Å². The number of nitrogen functional groups attached to an aromatic ring is 1. The standard InChI is InChI=1S/C13H14N4O/c1-9-8-10(6-7-15-9)16-13(18)11-4-2-3-5-12(11)17-14/h2-8,17H,14H2,1H3,(H,15,16,18). The second kappa shape index (κ2) is 5.29. The molecule has 0 aliphatic carbocycles.